The van der Waals surface area contributed by atoms with Crippen LogP contribution in [0.1, 0.15) is 41.6 Å². The predicted octanol–water partition coefficient (Wildman–Crippen LogP) is 3.61. The molecule has 1 aliphatic heterocycles. The fraction of sp³-hybridized carbons (Fsp3) is 0.391. The number of rotatable bonds is 7. The highest BCUT2D eigenvalue weighted by Gasteiger charge is 2.40. The number of nitrogens with one attached hydrogen (secondary N) is 1. The summed E-state index contributed by atoms with van der Waals surface area (Å²) < 4.78 is 18.9. The molecule has 2 aromatic carbocycles. The number of hydrogen-bond donors (Lipinski definition) is 1. The Morgan fingerprint density at radius 2 is 1.93 bits per heavy atom. The van der Waals surface area contributed by atoms with Gasteiger partial charge in [0.2, 0.25) is 5.91 Å². The molecule has 1 N–H and O–H groups in total. The number of benzene rings is 2. The van der Waals surface area contributed by atoms with E-state index in [0.29, 0.717) is 30.9 Å². The standard InChI is InChI=1S/C23H27FN2O3/c1-3-4-12-25-22(27)21-15-26(14-20(21)17-6-5-7-18(24)13-17)23(28)16-8-10-19(29-2)11-9-16/h5-11,13,20-21H,3-4,12,14-15H2,1-2H3,(H,25,27)/t20-,21-/m0/s1. The molecule has 0 bridgehead atoms. The van der Waals surface area contributed by atoms with Crippen molar-refractivity contribution in [3.63, 3.8) is 0 Å². The maximum Gasteiger partial charge on any atom is 0.253 e. The van der Waals surface area contributed by atoms with Crippen molar-refractivity contribution in [2.75, 3.05) is 26.7 Å². The van der Waals surface area contributed by atoms with Crippen molar-refractivity contribution in [1.82, 2.24) is 10.2 Å². The maximum absolute atomic E-state index is 13.8. The topological polar surface area (TPSA) is 58.6 Å². The van der Waals surface area contributed by atoms with Gasteiger partial charge >= 0.3 is 0 Å². The summed E-state index contributed by atoms with van der Waals surface area (Å²) in [6.07, 6.45) is 1.89. The van der Waals surface area contributed by atoms with Crippen molar-refractivity contribution >= 4 is 11.8 Å². The van der Waals surface area contributed by atoms with Crippen molar-refractivity contribution < 1.29 is 18.7 Å². The van der Waals surface area contributed by atoms with Gasteiger partial charge in [-0.15, -0.1) is 0 Å². The molecule has 2 aromatic rings. The van der Waals surface area contributed by atoms with Crippen LogP contribution in [-0.4, -0.2) is 43.5 Å². The van der Waals surface area contributed by atoms with Crippen LogP contribution in [0.25, 0.3) is 0 Å². The minimum absolute atomic E-state index is 0.0854. The molecule has 1 saturated heterocycles. The van der Waals surface area contributed by atoms with E-state index in [1.807, 2.05) is 6.07 Å². The number of hydrogen-bond acceptors (Lipinski definition) is 3. The number of methoxy groups -OCH3 is 1. The molecule has 1 heterocycles. The van der Waals surface area contributed by atoms with Gasteiger partial charge in [0.25, 0.3) is 5.91 Å². The van der Waals surface area contributed by atoms with Crippen LogP contribution in [0.3, 0.4) is 0 Å². The molecule has 3 rings (SSSR count). The van der Waals surface area contributed by atoms with Crippen LogP contribution in [0, 0.1) is 11.7 Å². The lowest BCUT2D eigenvalue weighted by molar-refractivity contribution is -0.124. The summed E-state index contributed by atoms with van der Waals surface area (Å²) in [4.78, 5) is 27.5. The molecule has 29 heavy (non-hydrogen) atoms. The van der Waals surface area contributed by atoms with Crippen LogP contribution in [-0.2, 0) is 4.79 Å². The molecular weight excluding hydrogens is 371 g/mol. The highest BCUT2D eigenvalue weighted by molar-refractivity contribution is 5.95. The molecule has 0 saturated carbocycles. The zero-order valence-corrected chi connectivity index (χ0v) is 16.9. The van der Waals surface area contributed by atoms with E-state index < -0.39 is 5.92 Å². The Bertz CT molecular complexity index is 853. The molecule has 0 aromatic heterocycles. The molecule has 0 spiro atoms. The summed E-state index contributed by atoms with van der Waals surface area (Å²) in [7, 11) is 1.57. The van der Waals surface area contributed by atoms with E-state index in [2.05, 4.69) is 12.2 Å². The van der Waals surface area contributed by atoms with E-state index in [1.54, 1.807) is 42.3 Å². The quantitative estimate of drug-likeness (QED) is 0.725. The number of nitrogens with zero attached hydrogens (tertiary/aromatic N) is 1. The van der Waals surface area contributed by atoms with Gasteiger partial charge < -0.3 is 15.0 Å². The molecule has 0 unspecified atom stereocenters. The van der Waals surface area contributed by atoms with Crippen molar-refractivity contribution in [2.24, 2.45) is 5.92 Å². The van der Waals surface area contributed by atoms with E-state index in [4.69, 9.17) is 4.74 Å². The molecule has 1 aliphatic rings. The van der Waals surface area contributed by atoms with E-state index >= 15 is 0 Å². The predicted molar refractivity (Wildman–Crippen MR) is 109 cm³/mol. The molecule has 1 fully saturated rings. The number of ether oxygens (including phenoxy) is 1. The largest absolute Gasteiger partial charge is 0.497 e. The number of carbonyl (C=O) groups is 2. The third-order valence-electron chi connectivity index (χ3n) is 5.39. The monoisotopic (exact) mass is 398 g/mol. The zero-order chi connectivity index (χ0) is 20.8. The van der Waals surface area contributed by atoms with Gasteiger partial charge in [0, 0.05) is 31.1 Å². The second kappa shape index (κ2) is 9.54. The van der Waals surface area contributed by atoms with Gasteiger partial charge in [-0.1, -0.05) is 25.5 Å². The highest BCUT2D eigenvalue weighted by atomic mass is 19.1. The van der Waals surface area contributed by atoms with Gasteiger partial charge in [0.05, 0.1) is 13.0 Å². The first-order chi connectivity index (χ1) is 14.0. The molecule has 154 valence electrons. The van der Waals surface area contributed by atoms with Crippen LogP contribution in [0.5, 0.6) is 5.75 Å². The Balaban J connectivity index is 1.81. The Morgan fingerprint density at radius 1 is 1.17 bits per heavy atom. The summed E-state index contributed by atoms with van der Waals surface area (Å²) >= 11 is 0. The van der Waals surface area contributed by atoms with E-state index in [0.717, 1.165) is 18.4 Å². The lowest BCUT2D eigenvalue weighted by Crippen LogP contribution is -2.36. The molecule has 2 atom stereocenters. The van der Waals surface area contributed by atoms with Gasteiger partial charge in [-0.25, -0.2) is 4.39 Å². The minimum Gasteiger partial charge on any atom is -0.497 e. The third kappa shape index (κ3) is 4.94. The maximum atomic E-state index is 13.8. The average molecular weight is 398 g/mol. The summed E-state index contributed by atoms with van der Waals surface area (Å²) in [6, 6.07) is 13.2. The van der Waals surface area contributed by atoms with Gasteiger partial charge in [-0.3, -0.25) is 9.59 Å². The molecule has 0 radical (unpaired) electrons. The van der Waals surface area contributed by atoms with Gasteiger partial charge in [0.1, 0.15) is 11.6 Å². The third-order valence-corrected chi connectivity index (χ3v) is 5.39. The van der Waals surface area contributed by atoms with Crippen molar-refractivity contribution in [3.05, 3.63) is 65.5 Å². The fourth-order valence-corrected chi connectivity index (χ4v) is 3.75. The van der Waals surface area contributed by atoms with Crippen LogP contribution >= 0.6 is 0 Å². The first-order valence-corrected chi connectivity index (χ1v) is 10.00. The van der Waals surface area contributed by atoms with Crippen molar-refractivity contribution in [2.45, 2.75) is 25.7 Å². The molecule has 0 aliphatic carbocycles. The minimum atomic E-state index is -0.407. The number of likely N-dealkylation sites (tertiary alicyclic amines) is 1. The summed E-state index contributed by atoms with van der Waals surface area (Å²) in [6.45, 7) is 3.35. The van der Waals surface area contributed by atoms with Crippen molar-refractivity contribution in [1.29, 1.82) is 0 Å². The van der Waals surface area contributed by atoms with Crippen LogP contribution in [0.15, 0.2) is 48.5 Å². The van der Waals surface area contributed by atoms with Crippen LogP contribution < -0.4 is 10.1 Å². The first kappa shape index (κ1) is 20.8. The number of unbranched alkanes of at least 4 members (excludes halogenated alkanes) is 1. The van der Waals surface area contributed by atoms with E-state index in [1.165, 1.54) is 12.1 Å². The van der Waals surface area contributed by atoms with Gasteiger partial charge in [-0.05, 0) is 48.4 Å². The Labute approximate surface area is 170 Å². The van der Waals surface area contributed by atoms with Crippen LogP contribution in [0.2, 0.25) is 0 Å². The fourth-order valence-electron chi connectivity index (χ4n) is 3.75. The summed E-state index contributed by atoms with van der Waals surface area (Å²) in [5, 5.41) is 2.97. The van der Waals surface area contributed by atoms with E-state index in [9.17, 15) is 14.0 Å². The molecule has 5 nitrogen and oxygen atoms in total. The second-order valence-corrected chi connectivity index (χ2v) is 7.35. The van der Waals surface area contributed by atoms with Crippen LogP contribution in [0.4, 0.5) is 4.39 Å². The lowest BCUT2D eigenvalue weighted by atomic mass is 9.88. The zero-order valence-electron chi connectivity index (χ0n) is 16.9. The number of halogens is 1. The Kier molecular flexibility index (Phi) is 6.86. The smallest absolute Gasteiger partial charge is 0.253 e. The summed E-state index contributed by atoms with van der Waals surface area (Å²) in [5.41, 5.74) is 1.28. The van der Waals surface area contributed by atoms with Gasteiger partial charge in [-0.2, -0.15) is 0 Å². The number of carbonyl (C=O) groups excluding carboxylic acids is 2. The molecule has 2 amide bonds. The summed E-state index contributed by atoms with van der Waals surface area (Å²) in [5.74, 6) is -0.539. The van der Waals surface area contributed by atoms with Gasteiger partial charge in [0.15, 0.2) is 0 Å². The first-order valence-electron chi connectivity index (χ1n) is 10.00. The van der Waals surface area contributed by atoms with Crippen molar-refractivity contribution in [3.8, 4) is 5.75 Å². The second-order valence-electron chi connectivity index (χ2n) is 7.35. The Hall–Kier alpha value is -2.89. The average Bonchev–Trinajstić information content (AvgIpc) is 3.19. The normalized spacial score (nSPS) is 18.5. The van der Waals surface area contributed by atoms with E-state index in [-0.39, 0.29) is 23.5 Å². The lowest BCUT2D eigenvalue weighted by Gasteiger charge is -2.18. The highest BCUT2D eigenvalue weighted by Crippen LogP contribution is 2.34. The number of amides is 2. The Morgan fingerprint density at radius 3 is 2.59 bits per heavy atom. The molecular formula is C23H27FN2O3. The molecule has 6 heteroatoms. The SMILES string of the molecule is CCCCNC(=O)[C@H]1CN(C(=O)c2ccc(OC)cc2)C[C@H]1c1cccc(F)c1.